The SMILES string of the molecule is CCCC(COC)NCc1cnccn1. The largest absolute Gasteiger partial charge is 0.383 e. The van der Waals surface area contributed by atoms with E-state index in [1.165, 1.54) is 0 Å². The molecular formula is C11H19N3O. The lowest BCUT2D eigenvalue weighted by Crippen LogP contribution is -2.32. The van der Waals surface area contributed by atoms with E-state index in [1.807, 2.05) is 0 Å². The Hall–Kier alpha value is -1.00. The van der Waals surface area contributed by atoms with Crippen LogP contribution in [0.1, 0.15) is 25.5 Å². The fraction of sp³-hybridized carbons (Fsp3) is 0.636. The Labute approximate surface area is 91.1 Å². The fourth-order valence-corrected chi connectivity index (χ4v) is 1.46. The monoisotopic (exact) mass is 209 g/mol. The van der Waals surface area contributed by atoms with Crippen LogP contribution in [0.2, 0.25) is 0 Å². The van der Waals surface area contributed by atoms with Crippen molar-refractivity contribution in [3.8, 4) is 0 Å². The summed E-state index contributed by atoms with van der Waals surface area (Å²) in [4.78, 5) is 8.23. The highest BCUT2D eigenvalue weighted by molar-refractivity contribution is 4.94. The highest BCUT2D eigenvalue weighted by atomic mass is 16.5. The minimum Gasteiger partial charge on any atom is -0.383 e. The Balaban J connectivity index is 2.33. The zero-order valence-corrected chi connectivity index (χ0v) is 9.44. The van der Waals surface area contributed by atoms with Crippen LogP contribution in [0.4, 0.5) is 0 Å². The van der Waals surface area contributed by atoms with Crippen LogP contribution in [-0.2, 0) is 11.3 Å². The molecule has 0 aliphatic heterocycles. The highest BCUT2D eigenvalue weighted by Gasteiger charge is 2.06. The summed E-state index contributed by atoms with van der Waals surface area (Å²) in [5.74, 6) is 0. The van der Waals surface area contributed by atoms with E-state index in [0.717, 1.165) is 31.7 Å². The summed E-state index contributed by atoms with van der Waals surface area (Å²) < 4.78 is 5.15. The van der Waals surface area contributed by atoms with Gasteiger partial charge in [-0.05, 0) is 6.42 Å². The molecule has 0 aromatic carbocycles. The quantitative estimate of drug-likeness (QED) is 0.737. The van der Waals surface area contributed by atoms with Crippen molar-refractivity contribution in [2.24, 2.45) is 0 Å². The van der Waals surface area contributed by atoms with Gasteiger partial charge in [0.1, 0.15) is 0 Å². The number of nitrogens with zero attached hydrogens (tertiary/aromatic N) is 2. The van der Waals surface area contributed by atoms with Gasteiger partial charge in [-0.2, -0.15) is 0 Å². The number of methoxy groups -OCH3 is 1. The van der Waals surface area contributed by atoms with Crippen molar-refractivity contribution in [1.82, 2.24) is 15.3 Å². The number of aromatic nitrogens is 2. The molecule has 1 heterocycles. The molecule has 0 amide bonds. The van der Waals surface area contributed by atoms with Crippen LogP contribution in [0.25, 0.3) is 0 Å². The summed E-state index contributed by atoms with van der Waals surface area (Å²) in [6, 6.07) is 0.405. The normalized spacial score (nSPS) is 12.7. The second-order valence-corrected chi connectivity index (χ2v) is 3.52. The summed E-state index contributed by atoms with van der Waals surface area (Å²) >= 11 is 0. The standard InChI is InChI=1S/C11H19N3O/c1-3-4-10(9-15-2)14-8-11-7-12-5-6-13-11/h5-7,10,14H,3-4,8-9H2,1-2H3. The van der Waals surface area contributed by atoms with Gasteiger partial charge in [0.15, 0.2) is 0 Å². The van der Waals surface area contributed by atoms with Gasteiger partial charge >= 0.3 is 0 Å². The van der Waals surface area contributed by atoms with Crippen molar-refractivity contribution in [2.45, 2.75) is 32.4 Å². The Morgan fingerprint density at radius 2 is 2.33 bits per heavy atom. The van der Waals surface area contributed by atoms with E-state index in [-0.39, 0.29) is 0 Å². The van der Waals surface area contributed by atoms with Gasteiger partial charge in [0, 0.05) is 38.3 Å². The maximum atomic E-state index is 5.15. The van der Waals surface area contributed by atoms with Crippen LogP contribution in [0.5, 0.6) is 0 Å². The molecule has 15 heavy (non-hydrogen) atoms. The molecule has 0 spiro atoms. The molecule has 1 N–H and O–H groups in total. The number of hydrogen-bond acceptors (Lipinski definition) is 4. The molecule has 1 atom stereocenters. The first-order valence-corrected chi connectivity index (χ1v) is 5.34. The predicted octanol–water partition coefficient (Wildman–Crippen LogP) is 1.38. The zero-order chi connectivity index (χ0) is 10.9. The second kappa shape index (κ2) is 7.31. The van der Waals surface area contributed by atoms with Crippen molar-refractivity contribution >= 4 is 0 Å². The van der Waals surface area contributed by atoms with E-state index in [1.54, 1.807) is 25.7 Å². The number of nitrogens with one attached hydrogen (secondary N) is 1. The Kier molecular flexibility index (Phi) is 5.88. The fourth-order valence-electron chi connectivity index (χ4n) is 1.46. The topological polar surface area (TPSA) is 47.0 Å². The van der Waals surface area contributed by atoms with Crippen LogP contribution in [-0.4, -0.2) is 29.7 Å². The maximum absolute atomic E-state index is 5.15. The van der Waals surface area contributed by atoms with Gasteiger partial charge in [0.05, 0.1) is 12.3 Å². The van der Waals surface area contributed by atoms with E-state index in [9.17, 15) is 0 Å². The van der Waals surface area contributed by atoms with Gasteiger partial charge in [0.25, 0.3) is 0 Å². The van der Waals surface area contributed by atoms with Gasteiger partial charge in [-0.3, -0.25) is 9.97 Å². The summed E-state index contributed by atoms with van der Waals surface area (Å²) in [5, 5.41) is 3.41. The van der Waals surface area contributed by atoms with E-state index < -0.39 is 0 Å². The minimum absolute atomic E-state index is 0.405. The lowest BCUT2D eigenvalue weighted by Gasteiger charge is -2.16. The molecule has 0 radical (unpaired) electrons. The third-order valence-corrected chi connectivity index (χ3v) is 2.19. The van der Waals surface area contributed by atoms with Crippen molar-refractivity contribution in [3.05, 3.63) is 24.3 Å². The van der Waals surface area contributed by atoms with Crippen LogP contribution in [0.15, 0.2) is 18.6 Å². The van der Waals surface area contributed by atoms with Gasteiger partial charge < -0.3 is 10.1 Å². The van der Waals surface area contributed by atoms with Crippen LogP contribution in [0, 0.1) is 0 Å². The number of rotatable bonds is 7. The average molecular weight is 209 g/mol. The highest BCUT2D eigenvalue weighted by Crippen LogP contribution is 1.99. The molecule has 0 saturated heterocycles. The first-order chi connectivity index (χ1) is 7.36. The molecule has 0 aliphatic carbocycles. The van der Waals surface area contributed by atoms with E-state index in [0.29, 0.717) is 6.04 Å². The third kappa shape index (κ3) is 4.85. The molecule has 1 aromatic rings. The molecule has 0 fully saturated rings. The maximum Gasteiger partial charge on any atom is 0.0724 e. The van der Waals surface area contributed by atoms with Crippen molar-refractivity contribution in [2.75, 3.05) is 13.7 Å². The molecule has 0 bridgehead atoms. The molecule has 1 unspecified atom stereocenters. The van der Waals surface area contributed by atoms with Crippen LogP contribution < -0.4 is 5.32 Å². The van der Waals surface area contributed by atoms with E-state index >= 15 is 0 Å². The Morgan fingerprint density at radius 1 is 1.47 bits per heavy atom. The molecule has 0 saturated carbocycles. The number of hydrogen-bond donors (Lipinski definition) is 1. The molecule has 1 aromatic heterocycles. The van der Waals surface area contributed by atoms with Crippen molar-refractivity contribution in [1.29, 1.82) is 0 Å². The van der Waals surface area contributed by atoms with Gasteiger partial charge in [-0.1, -0.05) is 13.3 Å². The minimum atomic E-state index is 0.405. The second-order valence-electron chi connectivity index (χ2n) is 3.52. The van der Waals surface area contributed by atoms with Crippen molar-refractivity contribution < 1.29 is 4.74 Å². The van der Waals surface area contributed by atoms with Gasteiger partial charge in [0.2, 0.25) is 0 Å². The molecule has 84 valence electrons. The molecular weight excluding hydrogens is 190 g/mol. The number of ether oxygens (including phenoxy) is 1. The average Bonchev–Trinajstić information content (AvgIpc) is 2.28. The van der Waals surface area contributed by atoms with Crippen LogP contribution >= 0.6 is 0 Å². The first kappa shape index (κ1) is 12.1. The smallest absolute Gasteiger partial charge is 0.0724 e. The van der Waals surface area contributed by atoms with Crippen LogP contribution in [0.3, 0.4) is 0 Å². The van der Waals surface area contributed by atoms with E-state index in [2.05, 4.69) is 22.2 Å². The van der Waals surface area contributed by atoms with E-state index in [4.69, 9.17) is 4.74 Å². The molecule has 4 nitrogen and oxygen atoms in total. The first-order valence-electron chi connectivity index (χ1n) is 5.34. The zero-order valence-electron chi connectivity index (χ0n) is 9.44. The Bertz CT molecular complexity index is 247. The molecule has 1 rings (SSSR count). The lowest BCUT2D eigenvalue weighted by atomic mass is 10.2. The Morgan fingerprint density at radius 3 is 2.93 bits per heavy atom. The van der Waals surface area contributed by atoms with Gasteiger partial charge in [-0.25, -0.2) is 0 Å². The molecule has 0 aliphatic rings. The summed E-state index contributed by atoms with van der Waals surface area (Å²) in [7, 11) is 1.73. The predicted molar refractivity (Wildman–Crippen MR) is 59.4 cm³/mol. The summed E-state index contributed by atoms with van der Waals surface area (Å²) in [6.45, 7) is 3.67. The lowest BCUT2D eigenvalue weighted by molar-refractivity contribution is 0.161. The summed E-state index contributed by atoms with van der Waals surface area (Å²) in [5.41, 5.74) is 0.967. The summed E-state index contributed by atoms with van der Waals surface area (Å²) in [6.07, 6.45) is 7.45. The van der Waals surface area contributed by atoms with Gasteiger partial charge in [-0.15, -0.1) is 0 Å². The molecule has 4 heteroatoms. The third-order valence-electron chi connectivity index (χ3n) is 2.19. The van der Waals surface area contributed by atoms with Crippen molar-refractivity contribution in [3.63, 3.8) is 0 Å².